The molecule has 0 aliphatic heterocycles. The lowest BCUT2D eigenvalue weighted by Gasteiger charge is -2.08. The van der Waals surface area contributed by atoms with Crippen molar-refractivity contribution in [2.45, 2.75) is 6.92 Å². The molecule has 1 aromatic carbocycles. The van der Waals surface area contributed by atoms with Crippen LogP contribution < -0.4 is 10.6 Å². The van der Waals surface area contributed by atoms with Crippen molar-refractivity contribution in [3.63, 3.8) is 0 Å². The molecule has 0 radical (unpaired) electrons. The number of carbonyl (C=O) groups is 1. The number of aromatic nitrogens is 1. The van der Waals surface area contributed by atoms with Crippen LogP contribution in [0.1, 0.15) is 15.9 Å². The summed E-state index contributed by atoms with van der Waals surface area (Å²) >= 11 is 5.06. The van der Waals surface area contributed by atoms with Crippen LogP contribution in [0, 0.1) is 6.92 Å². The molecule has 0 saturated heterocycles. The second-order valence-electron chi connectivity index (χ2n) is 4.00. The predicted octanol–water partition coefficient (Wildman–Crippen LogP) is 2.52. The van der Waals surface area contributed by atoms with Gasteiger partial charge in [-0.2, -0.15) is 0 Å². The van der Waals surface area contributed by atoms with Crippen LogP contribution >= 0.6 is 12.2 Å². The number of aryl methyl sites for hydroxylation is 1. The molecule has 2 aromatic rings. The van der Waals surface area contributed by atoms with E-state index >= 15 is 0 Å². The first-order valence-corrected chi connectivity index (χ1v) is 6.16. The maximum Gasteiger partial charge on any atom is 0.257 e. The molecular formula is C14H13N3OS. The fourth-order valence-electron chi connectivity index (χ4n) is 1.45. The summed E-state index contributed by atoms with van der Waals surface area (Å²) in [6, 6.07) is 12.6. The fraction of sp³-hybridized carbons (Fsp3) is 0.0714. The average molecular weight is 271 g/mol. The van der Waals surface area contributed by atoms with E-state index in [1.165, 1.54) is 0 Å². The van der Waals surface area contributed by atoms with Gasteiger partial charge in [0.15, 0.2) is 5.11 Å². The van der Waals surface area contributed by atoms with Crippen LogP contribution in [0.5, 0.6) is 0 Å². The molecule has 2 N–H and O–H groups in total. The molecule has 1 aromatic heterocycles. The number of anilines is 1. The Morgan fingerprint density at radius 3 is 2.53 bits per heavy atom. The first kappa shape index (κ1) is 13.2. The van der Waals surface area contributed by atoms with Gasteiger partial charge in [-0.3, -0.25) is 10.1 Å². The van der Waals surface area contributed by atoms with E-state index in [4.69, 9.17) is 12.2 Å². The van der Waals surface area contributed by atoms with Gasteiger partial charge in [0.05, 0.1) is 0 Å². The number of pyridine rings is 1. The highest BCUT2D eigenvalue weighted by Gasteiger charge is 2.07. The van der Waals surface area contributed by atoms with Crippen molar-refractivity contribution in [3.8, 4) is 0 Å². The monoisotopic (exact) mass is 271 g/mol. The van der Waals surface area contributed by atoms with Gasteiger partial charge >= 0.3 is 0 Å². The average Bonchev–Trinajstić information content (AvgIpc) is 2.42. The zero-order valence-electron chi connectivity index (χ0n) is 10.4. The van der Waals surface area contributed by atoms with E-state index in [0.29, 0.717) is 11.4 Å². The summed E-state index contributed by atoms with van der Waals surface area (Å²) in [7, 11) is 0. The van der Waals surface area contributed by atoms with Crippen molar-refractivity contribution in [1.29, 1.82) is 0 Å². The number of thiocarbonyl (C=S) groups is 1. The lowest BCUT2D eigenvalue weighted by atomic mass is 10.2. The minimum absolute atomic E-state index is 0.227. The standard InChI is InChI=1S/C14H13N3OS/c1-10-7-8-12(15-9-10)16-14(19)17-13(18)11-5-3-2-4-6-11/h2-9H,1H3,(H2,15,16,17,18,19). The minimum Gasteiger partial charge on any atom is -0.317 e. The van der Waals surface area contributed by atoms with Crippen molar-refractivity contribution >= 4 is 29.1 Å². The van der Waals surface area contributed by atoms with Gasteiger partial charge < -0.3 is 5.32 Å². The van der Waals surface area contributed by atoms with Crippen LogP contribution in [0.25, 0.3) is 0 Å². The number of nitrogens with zero attached hydrogens (tertiary/aromatic N) is 1. The van der Waals surface area contributed by atoms with Crippen LogP contribution in [-0.2, 0) is 0 Å². The van der Waals surface area contributed by atoms with Gasteiger partial charge in [-0.15, -0.1) is 0 Å². The first-order chi connectivity index (χ1) is 9.15. The summed E-state index contributed by atoms with van der Waals surface area (Å²) < 4.78 is 0. The lowest BCUT2D eigenvalue weighted by molar-refractivity contribution is 0.0978. The molecule has 0 aliphatic carbocycles. The molecule has 19 heavy (non-hydrogen) atoms. The Labute approximate surface area is 116 Å². The van der Waals surface area contributed by atoms with Crippen LogP contribution in [-0.4, -0.2) is 16.0 Å². The largest absolute Gasteiger partial charge is 0.317 e. The van der Waals surface area contributed by atoms with Gasteiger partial charge in [-0.25, -0.2) is 4.98 Å². The van der Waals surface area contributed by atoms with E-state index < -0.39 is 0 Å². The summed E-state index contributed by atoms with van der Waals surface area (Å²) in [5.74, 6) is 0.356. The van der Waals surface area contributed by atoms with Gasteiger partial charge in [0.2, 0.25) is 0 Å². The molecule has 4 nitrogen and oxygen atoms in total. The zero-order valence-corrected chi connectivity index (χ0v) is 11.2. The number of rotatable bonds is 2. The van der Waals surface area contributed by atoms with Gasteiger partial charge in [-0.05, 0) is 42.9 Å². The smallest absolute Gasteiger partial charge is 0.257 e. The molecule has 0 aliphatic rings. The Morgan fingerprint density at radius 2 is 1.89 bits per heavy atom. The third kappa shape index (κ3) is 3.86. The lowest BCUT2D eigenvalue weighted by Crippen LogP contribution is -2.34. The molecule has 2 rings (SSSR count). The maximum atomic E-state index is 11.8. The Hall–Kier alpha value is -2.27. The molecule has 1 amide bonds. The topological polar surface area (TPSA) is 54.0 Å². The molecule has 0 saturated carbocycles. The van der Waals surface area contributed by atoms with Crippen LogP contribution in [0.2, 0.25) is 0 Å². The van der Waals surface area contributed by atoms with Crippen molar-refractivity contribution in [3.05, 3.63) is 59.8 Å². The van der Waals surface area contributed by atoms with Crippen molar-refractivity contribution in [2.75, 3.05) is 5.32 Å². The molecule has 0 bridgehead atoms. The van der Waals surface area contributed by atoms with Crippen LogP contribution in [0.15, 0.2) is 48.7 Å². The van der Waals surface area contributed by atoms with Crippen LogP contribution in [0.3, 0.4) is 0 Å². The summed E-state index contributed by atoms with van der Waals surface area (Å²) in [4.78, 5) is 16.0. The highest BCUT2D eigenvalue weighted by molar-refractivity contribution is 7.80. The molecule has 0 spiro atoms. The van der Waals surface area contributed by atoms with E-state index in [1.54, 1.807) is 36.5 Å². The molecule has 0 fully saturated rings. The second-order valence-corrected chi connectivity index (χ2v) is 4.40. The quantitative estimate of drug-likeness (QED) is 0.824. The molecule has 0 atom stereocenters. The molecule has 0 unspecified atom stereocenters. The molecular weight excluding hydrogens is 258 g/mol. The van der Waals surface area contributed by atoms with Gasteiger partial charge in [0, 0.05) is 11.8 Å². The third-order valence-electron chi connectivity index (χ3n) is 2.42. The summed E-state index contributed by atoms with van der Waals surface area (Å²) in [6.07, 6.45) is 1.73. The van der Waals surface area contributed by atoms with E-state index in [0.717, 1.165) is 5.56 Å². The minimum atomic E-state index is -0.245. The Kier molecular flexibility index (Phi) is 4.20. The fourth-order valence-corrected chi connectivity index (χ4v) is 1.65. The number of carbonyl (C=O) groups excluding carboxylic acids is 1. The number of nitrogens with one attached hydrogen (secondary N) is 2. The molecule has 1 heterocycles. The van der Waals surface area contributed by atoms with E-state index in [2.05, 4.69) is 15.6 Å². The Balaban J connectivity index is 1.95. The van der Waals surface area contributed by atoms with Crippen LogP contribution in [0.4, 0.5) is 5.82 Å². The van der Waals surface area contributed by atoms with Crippen molar-refractivity contribution < 1.29 is 4.79 Å². The predicted molar refractivity (Wildman–Crippen MR) is 79.1 cm³/mol. The highest BCUT2D eigenvalue weighted by atomic mass is 32.1. The second kappa shape index (κ2) is 6.06. The number of hydrogen-bond acceptors (Lipinski definition) is 3. The number of hydrogen-bond donors (Lipinski definition) is 2. The van der Waals surface area contributed by atoms with E-state index in [-0.39, 0.29) is 11.0 Å². The maximum absolute atomic E-state index is 11.8. The van der Waals surface area contributed by atoms with Gasteiger partial charge in [0.25, 0.3) is 5.91 Å². The number of benzene rings is 1. The van der Waals surface area contributed by atoms with Crippen molar-refractivity contribution in [1.82, 2.24) is 10.3 Å². The van der Waals surface area contributed by atoms with Crippen molar-refractivity contribution in [2.24, 2.45) is 0 Å². The summed E-state index contributed by atoms with van der Waals surface area (Å²) in [6.45, 7) is 1.95. The zero-order chi connectivity index (χ0) is 13.7. The highest BCUT2D eigenvalue weighted by Crippen LogP contribution is 2.04. The Bertz CT molecular complexity index is 581. The molecule has 5 heteroatoms. The van der Waals surface area contributed by atoms with E-state index in [1.807, 2.05) is 19.1 Å². The first-order valence-electron chi connectivity index (χ1n) is 5.75. The Morgan fingerprint density at radius 1 is 1.16 bits per heavy atom. The van der Waals surface area contributed by atoms with Gasteiger partial charge in [0.1, 0.15) is 5.82 Å². The normalized spacial score (nSPS) is 9.74. The number of amides is 1. The SMILES string of the molecule is Cc1ccc(NC(=S)NC(=O)c2ccccc2)nc1. The summed E-state index contributed by atoms with van der Waals surface area (Å²) in [5, 5.41) is 5.69. The molecule has 96 valence electrons. The van der Waals surface area contributed by atoms with Gasteiger partial charge in [-0.1, -0.05) is 24.3 Å². The van der Waals surface area contributed by atoms with E-state index in [9.17, 15) is 4.79 Å². The summed E-state index contributed by atoms with van der Waals surface area (Å²) in [5.41, 5.74) is 1.62. The third-order valence-corrected chi connectivity index (χ3v) is 2.62.